The third-order valence-corrected chi connectivity index (χ3v) is 4.99. The Morgan fingerprint density at radius 2 is 2.00 bits per heavy atom. The van der Waals surface area contributed by atoms with Crippen LogP contribution in [0.5, 0.6) is 0 Å². The molecule has 2 aliphatic rings. The van der Waals surface area contributed by atoms with Crippen molar-refractivity contribution in [3.8, 4) is 0 Å². The van der Waals surface area contributed by atoms with E-state index in [1.54, 1.807) is 0 Å². The van der Waals surface area contributed by atoms with Gasteiger partial charge in [0.1, 0.15) is 23.7 Å². The smallest absolute Gasteiger partial charge is 0.283 e. The molecule has 3 rings (SSSR count). The summed E-state index contributed by atoms with van der Waals surface area (Å²) in [5.74, 6) is -5.59. The molecule has 1 saturated carbocycles. The van der Waals surface area contributed by atoms with E-state index in [0.717, 1.165) is 6.07 Å². The molecule has 0 radical (unpaired) electrons. The summed E-state index contributed by atoms with van der Waals surface area (Å²) >= 11 is 0. The van der Waals surface area contributed by atoms with Crippen LogP contribution < -0.4 is 5.73 Å². The first-order valence-electron chi connectivity index (χ1n) is 7.83. The summed E-state index contributed by atoms with van der Waals surface area (Å²) in [6, 6.07) is 3.41. The molecule has 4 nitrogen and oxygen atoms in total. The van der Waals surface area contributed by atoms with Crippen LogP contribution >= 0.6 is 0 Å². The normalized spacial score (nSPS) is 33.4. The minimum Gasteiger partial charge on any atom is -0.462 e. The van der Waals surface area contributed by atoms with Crippen LogP contribution in [0.25, 0.3) is 0 Å². The molecule has 0 aromatic heterocycles. The maximum Gasteiger partial charge on any atom is 0.283 e. The number of nitrogens with zero attached hydrogens (tertiary/aromatic N) is 1. The lowest BCUT2D eigenvalue weighted by Crippen LogP contribution is -2.52. The standard InChI is InChI=1S/C17H18F4N2O2/c1-15(19)8-25-14(22)23-16(15,2)10-5-9(3-4-12(10)18)6-13(24)11-7-17(11,20)21/h3-5,11H,6-8H2,1-2H3,(H2,22,23)/t11?,15-,16+/m0/s1. The van der Waals surface area contributed by atoms with E-state index in [1.165, 1.54) is 26.0 Å². The van der Waals surface area contributed by atoms with Crippen molar-refractivity contribution in [2.75, 3.05) is 6.61 Å². The molecular weight excluding hydrogens is 340 g/mol. The van der Waals surface area contributed by atoms with Crippen molar-refractivity contribution in [1.29, 1.82) is 0 Å². The fraction of sp³-hybridized carbons (Fsp3) is 0.529. The number of aliphatic imine (C=N–C) groups is 1. The minimum absolute atomic E-state index is 0.100. The van der Waals surface area contributed by atoms with E-state index >= 15 is 0 Å². The molecule has 0 amide bonds. The highest BCUT2D eigenvalue weighted by atomic mass is 19.3. The summed E-state index contributed by atoms with van der Waals surface area (Å²) in [4.78, 5) is 15.8. The fourth-order valence-electron chi connectivity index (χ4n) is 3.00. The lowest BCUT2D eigenvalue weighted by molar-refractivity contribution is -0.121. The first-order chi connectivity index (χ1) is 11.5. The summed E-state index contributed by atoms with van der Waals surface area (Å²) in [5, 5.41) is 0. The topological polar surface area (TPSA) is 64.7 Å². The van der Waals surface area contributed by atoms with Crippen LogP contribution in [0.4, 0.5) is 17.6 Å². The second kappa shape index (κ2) is 5.44. The molecule has 1 fully saturated rings. The molecule has 1 aliphatic carbocycles. The van der Waals surface area contributed by atoms with Crippen LogP contribution in [0.1, 0.15) is 31.4 Å². The first kappa shape index (κ1) is 17.7. The number of hydrogen-bond donors (Lipinski definition) is 1. The molecular formula is C17H18F4N2O2. The van der Waals surface area contributed by atoms with E-state index in [2.05, 4.69) is 4.99 Å². The predicted molar refractivity (Wildman–Crippen MR) is 82.6 cm³/mol. The molecule has 3 atom stereocenters. The highest BCUT2D eigenvalue weighted by Gasteiger charge is 2.60. The van der Waals surface area contributed by atoms with Gasteiger partial charge in [0.2, 0.25) is 0 Å². The predicted octanol–water partition coefficient (Wildman–Crippen LogP) is 2.88. The van der Waals surface area contributed by atoms with E-state index in [1.807, 2.05) is 0 Å². The molecule has 1 aromatic carbocycles. The Morgan fingerprint density at radius 3 is 2.60 bits per heavy atom. The van der Waals surface area contributed by atoms with E-state index in [9.17, 15) is 22.4 Å². The number of carbonyl (C=O) groups is 1. The van der Waals surface area contributed by atoms with Crippen LogP contribution in [-0.2, 0) is 21.5 Å². The minimum atomic E-state index is -2.96. The van der Waals surface area contributed by atoms with E-state index < -0.39 is 47.7 Å². The Balaban J connectivity index is 1.94. The van der Waals surface area contributed by atoms with E-state index in [4.69, 9.17) is 10.5 Å². The molecule has 0 saturated heterocycles. The van der Waals surface area contributed by atoms with Crippen molar-refractivity contribution < 1.29 is 27.1 Å². The quantitative estimate of drug-likeness (QED) is 0.842. The number of alkyl halides is 3. The van der Waals surface area contributed by atoms with Crippen molar-refractivity contribution in [2.45, 2.75) is 43.8 Å². The Kier molecular flexibility index (Phi) is 3.85. The number of hydrogen-bond acceptors (Lipinski definition) is 4. The summed E-state index contributed by atoms with van der Waals surface area (Å²) < 4.78 is 60.3. The number of amidine groups is 1. The Bertz CT molecular complexity index is 763. The number of ether oxygens (including phenoxy) is 1. The summed E-state index contributed by atoms with van der Waals surface area (Å²) in [6.07, 6.45) is -0.735. The number of carbonyl (C=O) groups excluding carboxylic acids is 1. The van der Waals surface area contributed by atoms with E-state index in [-0.39, 0.29) is 18.0 Å². The third kappa shape index (κ3) is 2.98. The van der Waals surface area contributed by atoms with Crippen LogP contribution in [0.15, 0.2) is 23.2 Å². The maximum absolute atomic E-state index is 15.0. The molecule has 0 bridgehead atoms. The van der Waals surface area contributed by atoms with Crippen molar-refractivity contribution in [2.24, 2.45) is 16.6 Å². The Labute approximate surface area is 142 Å². The van der Waals surface area contributed by atoms with Gasteiger partial charge in [0.15, 0.2) is 5.67 Å². The molecule has 2 N–H and O–H groups in total. The van der Waals surface area contributed by atoms with Crippen LogP contribution in [0.3, 0.4) is 0 Å². The number of halogens is 4. The number of rotatable bonds is 4. The highest BCUT2D eigenvalue weighted by Crippen LogP contribution is 2.49. The largest absolute Gasteiger partial charge is 0.462 e. The first-order valence-corrected chi connectivity index (χ1v) is 7.83. The molecule has 1 heterocycles. The van der Waals surface area contributed by atoms with Crippen LogP contribution in [0.2, 0.25) is 0 Å². The monoisotopic (exact) mass is 358 g/mol. The Hall–Kier alpha value is -2.12. The number of nitrogens with two attached hydrogens (primary N) is 1. The number of ketones is 1. The summed E-state index contributed by atoms with van der Waals surface area (Å²) in [6.45, 7) is 2.18. The zero-order valence-corrected chi connectivity index (χ0v) is 13.8. The van der Waals surface area contributed by atoms with Crippen molar-refractivity contribution >= 4 is 11.8 Å². The fourth-order valence-corrected chi connectivity index (χ4v) is 3.00. The van der Waals surface area contributed by atoms with Gasteiger partial charge in [-0.2, -0.15) is 0 Å². The number of benzene rings is 1. The maximum atomic E-state index is 15.0. The molecule has 136 valence electrons. The molecule has 1 aliphatic heterocycles. The molecule has 8 heteroatoms. The lowest BCUT2D eigenvalue weighted by Gasteiger charge is -2.40. The van der Waals surface area contributed by atoms with Gasteiger partial charge in [-0.3, -0.25) is 4.79 Å². The molecule has 1 unspecified atom stereocenters. The SMILES string of the molecule is C[C@]1(F)COC(N)=N[C@]1(C)c1cc(CC(=O)C2CC2(F)F)ccc1F. The van der Waals surface area contributed by atoms with Gasteiger partial charge in [-0.05, 0) is 31.5 Å². The van der Waals surface area contributed by atoms with Gasteiger partial charge in [-0.1, -0.05) is 6.07 Å². The van der Waals surface area contributed by atoms with Gasteiger partial charge in [0, 0.05) is 18.4 Å². The molecule has 25 heavy (non-hydrogen) atoms. The van der Waals surface area contributed by atoms with Gasteiger partial charge in [0.05, 0.1) is 5.92 Å². The van der Waals surface area contributed by atoms with Gasteiger partial charge in [-0.15, -0.1) is 0 Å². The van der Waals surface area contributed by atoms with Crippen LogP contribution in [0, 0.1) is 11.7 Å². The van der Waals surface area contributed by atoms with Crippen molar-refractivity contribution in [3.63, 3.8) is 0 Å². The van der Waals surface area contributed by atoms with Crippen molar-refractivity contribution in [1.82, 2.24) is 0 Å². The van der Waals surface area contributed by atoms with Crippen molar-refractivity contribution in [3.05, 3.63) is 35.1 Å². The average molecular weight is 358 g/mol. The zero-order valence-electron chi connectivity index (χ0n) is 13.8. The summed E-state index contributed by atoms with van der Waals surface area (Å²) in [5.41, 5.74) is 2.02. The average Bonchev–Trinajstić information content (AvgIpc) is 3.14. The number of Topliss-reactive ketones (excluding diaryl/α,β-unsaturated/α-hetero) is 1. The third-order valence-electron chi connectivity index (χ3n) is 4.99. The van der Waals surface area contributed by atoms with E-state index in [0.29, 0.717) is 5.56 Å². The zero-order chi connectivity index (χ0) is 18.6. The molecule has 0 spiro atoms. The second-order valence-electron chi connectivity index (χ2n) is 6.98. The lowest BCUT2D eigenvalue weighted by atomic mass is 9.77. The second-order valence-corrected chi connectivity index (χ2v) is 6.98. The van der Waals surface area contributed by atoms with Gasteiger partial charge in [-0.25, -0.2) is 22.6 Å². The van der Waals surface area contributed by atoms with Gasteiger partial charge in [0.25, 0.3) is 11.9 Å². The van der Waals surface area contributed by atoms with Gasteiger partial charge >= 0.3 is 0 Å². The van der Waals surface area contributed by atoms with Crippen LogP contribution in [-0.4, -0.2) is 30.0 Å². The highest BCUT2D eigenvalue weighted by molar-refractivity contribution is 5.87. The Morgan fingerprint density at radius 1 is 1.36 bits per heavy atom. The van der Waals surface area contributed by atoms with Gasteiger partial charge < -0.3 is 10.5 Å². The molecule has 1 aromatic rings. The summed E-state index contributed by atoms with van der Waals surface area (Å²) in [7, 11) is 0.